The molecule has 1 atom stereocenters. The summed E-state index contributed by atoms with van der Waals surface area (Å²) in [5.74, 6) is 0. The molecular weight excluding hydrogens is 246 g/mol. The summed E-state index contributed by atoms with van der Waals surface area (Å²) in [6.45, 7) is 5.32. The lowest BCUT2D eigenvalue weighted by atomic mass is 10.1. The van der Waals surface area contributed by atoms with E-state index in [4.69, 9.17) is 4.74 Å². The van der Waals surface area contributed by atoms with Crippen molar-refractivity contribution in [2.24, 2.45) is 0 Å². The van der Waals surface area contributed by atoms with Gasteiger partial charge in [-0.25, -0.2) is 4.79 Å². The fourth-order valence-corrected chi connectivity index (χ4v) is 2.20. The van der Waals surface area contributed by atoms with Crippen LogP contribution in [-0.2, 0) is 22.4 Å². The highest BCUT2D eigenvalue weighted by atomic mass is 16.6. The van der Waals surface area contributed by atoms with Gasteiger partial charge in [0.15, 0.2) is 0 Å². The average molecular weight is 265 g/mol. The fourth-order valence-electron chi connectivity index (χ4n) is 2.20. The van der Waals surface area contributed by atoms with E-state index < -0.39 is 17.7 Å². The first-order chi connectivity index (χ1) is 8.90. The van der Waals surface area contributed by atoms with E-state index in [0.717, 1.165) is 30.5 Å². The van der Waals surface area contributed by atoms with Gasteiger partial charge in [0.2, 0.25) is 0 Å². The normalized spacial score (nSPS) is 15.7. The number of hydrogen-bond donors (Lipinski definition) is 2. The number of hydrogen-bond acceptors (Lipinski definition) is 4. The molecule has 0 radical (unpaired) electrons. The van der Waals surface area contributed by atoms with Gasteiger partial charge in [0.25, 0.3) is 0 Å². The topological polar surface area (TPSA) is 84.1 Å². The van der Waals surface area contributed by atoms with Crippen molar-refractivity contribution in [2.45, 2.75) is 51.7 Å². The Labute approximate surface area is 111 Å². The molecule has 1 heterocycles. The van der Waals surface area contributed by atoms with Gasteiger partial charge < -0.3 is 14.8 Å². The Morgan fingerprint density at radius 2 is 2.21 bits per heavy atom. The second-order valence-electron chi connectivity index (χ2n) is 5.68. The van der Waals surface area contributed by atoms with Gasteiger partial charge in [-0.3, -0.25) is 5.10 Å². The molecule has 2 rings (SSSR count). The number of aromatic nitrogens is 2. The van der Waals surface area contributed by atoms with Gasteiger partial charge in [-0.1, -0.05) is 0 Å². The van der Waals surface area contributed by atoms with Crippen molar-refractivity contribution in [2.75, 3.05) is 0 Å². The summed E-state index contributed by atoms with van der Waals surface area (Å²) in [7, 11) is 0. The van der Waals surface area contributed by atoms with Crippen molar-refractivity contribution in [3.05, 3.63) is 17.0 Å². The molecule has 1 aliphatic carbocycles. The third-order valence-corrected chi connectivity index (χ3v) is 2.94. The largest absolute Gasteiger partial charge is 0.444 e. The number of nitrogens with one attached hydrogen (secondary N) is 2. The summed E-state index contributed by atoms with van der Waals surface area (Å²) in [5, 5.41) is 9.60. The molecule has 2 N–H and O–H groups in total. The Bertz CT molecular complexity index is 488. The smallest absolute Gasteiger partial charge is 0.408 e. The maximum Gasteiger partial charge on any atom is 0.408 e. The molecule has 1 unspecified atom stereocenters. The monoisotopic (exact) mass is 265 g/mol. The number of carbonyl (C=O) groups is 2. The Morgan fingerprint density at radius 3 is 2.84 bits per heavy atom. The summed E-state index contributed by atoms with van der Waals surface area (Å²) in [6, 6.07) is -0.757. The summed E-state index contributed by atoms with van der Waals surface area (Å²) < 4.78 is 5.14. The maximum atomic E-state index is 11.7. The number of aldehydes is 1. The first-order valence-corrected chi connectivity index (χ1v) is 6.41. The summed E-state index contributed by atoms with van der Waals surface area (Å²) in [4.78, 5) is 22.9. The minimum Gasteiger partial charge on any atom is -0.444 e. The lowest BCUT2D eigenvalue weighted by Crippen LogP contribution is -2.36. The zero-order valence-electron chi connectivity index (χ0n) is 11.4. The average Bonchev–Trinajstić information content (AvgIpc) is 2.85. The highest BCUT2D eigenvalue weighted by Crippen LogP contribution is 2.26. The van der Waals surface area contributed by atoms with E-state index in [1.165, 1.54) is 0 Å². The molecule has 1 aromatic rings. The molecule has 6 nitrogen and oxygen atoms in total. The molecule has 0 spiro atoms. The molecule has 1 amide bonds. The number of ether oxygens (including phenoxy) is 1. The first-order valence-electron chi connectivity index (χ1n) is 6.41. The van der Waals surface area contributed by atoms with Crippen molar-refractivity contribution in [1.82, 2.24) is 15.5 Å². The predicted molar refractivity (Wildman–Crippen MR) is 68.8 cm³/mol. The van der Waals surface area contributed by atoms with Gasteiger partial charge >= 0.3 is 6.09 Å². The summed E-state index contributed by atoms with van der Waals surface area (Å²) in [5.41, 5.74) is 2.12. The molecule has 1 aliphatic rings. The van der Waals surface area contributed by atoms with Crippen LogP contribution in [0.5, 0.6) is 0 Å². The molecule has 1 aromatic heterocycles. The third-order valence-electron chi connectivity index (χ3n) is 2.94. The quantitative estimate of drug-likeness (QED) is 0.814. The Hall–Kier alpha value is -1.85. The zero-order chi connectivity index (χ0) is 14.0. The van der Waals surface area contributed by atoms with E-state index in [1.807, 2.05) is 0 Å². The molecule has 0 fully saturated rings. The number of fused-ring (bicyclic) bond motifs is 1. The van der Waals surface area contributed by atoms with Gasteiger partial charge in [-0.15, -0.1) is 0 Å². The van der Waals surface area contributed by atoms with Crippen LogP contribution in [0.15, 0.2) is 0 Å². The van der Waals surface area contributed by atoms with Crippen LogP contribution >= 0.6 is 0 Å². The molecule has 0 aliphatic heterocycles. The second kappa shape index (κ2) is 5.03. The van der Waals surface area contributed by atoms with Crippen LogP contribution in [0.4, 0.5) is 4.79 Å². The van der Waals surface area contributed by atoms with Crippen molar-refractivity contribution in [3.8, 4) is 0 Å². The minimum atomic E-state index is -0.757. The molecule has 6 heteroatoms. The summed E-state index contributed by atoms with van der Waals surface area (Å²) >= 11 is 0. The van der Waals surface area contributed by atoms with E-state index >= 15 is 0 Å². The number of rotatable bonds is 3. The zero-order valence-corrected chi connectivity index (χ0v) is 11.4. The van der Waals surface area contributed by atoms with Gasteiger partial charge in [0.05, 0.1) is 5.69 Å². The molecule has 0 saturated carbocycles. The van der Waals surface area contributed by atoms with Crippen LogP contribution in [-0.4, -0.2) is 28.2 Å². The Kier molecular flexibility index (Phi) is 3.59. The van der Waals surface area contributed by atoms with Crippen LogP contribution in [0.3, 0.4) is 0 Å². The molecule has 19 heavy (non-hydrogen) atoms. The van der Waals surface area contributed by atoms with E-state index in [2.05, 4.69) is 15.5 Å². The van der Waals surface area contributed by atoms with Crippen molar-refractivity contribution < 1.29 is 14.3 Å². The Morgan fingerprint density at radius 1 is 1.47 bits per heavy atom. The number of H-pyrrole nitrogens is 1. The molecule has 104 valence electrons. The number of amides is 1. The van der Waals surface area contributed by atoms with Gasteiger partial charge in [0, 0.05) is 5.69 Å². The molecule has 0 aromatic carbocycles. The standard InChI is InChI=1S/C13H19N3O3/c1-13(2,3)19-12(18)14-10(7-17)11-8-5-4-6-9(8)15-16-11/h7,10H,4-6H2,1-3H3,(H,14,18)(H,15,16). The highest BCUT2D eigenvalue weighted by molar-refractivity contribution is 5.74. The molecule has 0 saturated heterocycles. The SMILES string of the molecule is CC(C)(C)OC(=O)NC(C=O)c1n[nH]c2c1CCC2. The van der Waals surface area contributed by atoms with Crippen molar-refractivity contribution >= 4 is 12.4 Å². The van der Waals surface area contributed by atoms with Crippen molar-refractivity contribution in [3.63, 3.8) is 0 Å². The van der Waals surface area contributed by atoms with E-state index in [-0.39, 0.29) is 0 Å². The van der Waals surface area contributed by atoms with Crippen molar-refractivity contribution in [1.29, 1.82) is 0 Å². The van der Waals surface area contributed by atoms with Crippen LogP contribution in [0.25, 0.3) is 0 Å². The maximum absolute atomic E-state index is 11.7. The number of nitrogens with zero attached hydrogens (tertiary/aromatic N) is 1. The number of aryl methyl sites for hydroxylation is 1. The Balaban J connectivity index is 2.08. The van der Waals surface area contributed by atoms with E-state index in [9.17, 15) is 9.59 Å². The lowest BCUT2D eigenvalue weighted by Gasteiger charge is -2.21. The summed E-state index contributed by atoms with van der Waals surface area (Å²) in [6.07, 6.45) is 2.95. The third kappa shape index (κ3) is 3.13. The lowest BCUT2D eigenvalue weighted by molar-refractivity contribution is -0.109. The number of aromatic amines is 1. The number of carbonyl (C=O) groups excluding carboxylic acids is 2. The van der Waals surface area contributed by atoms with Crippen LogP contribution in [0, 0.1) is 0 Å². The first kappa shape index (κ1) is 13.6. The molecular formula is C13H19N3O3. The van der Waals surface area contributed by atoms with Gasteiger partial charge in [-0.05, 0) is 45.6 Å². The molecule has 0 bridgehead atoms. The van der Waals surface area contributed by atoms with Crippen LogP contribution in [0.1, 0.15) is 50.2 Å². The predicted octanol–water partition coefficient (Wildman–Crippen LogP) is 1.66. The second-order valence-corrected chi connectivity index (χ2v) is 5.68. The van der Waals surface area contributed by atoms with E-state index in [1.54, 1.807) is 20.8 Å². The van der Waals surface area contributed by atoms with E-state index in [0.29, 0.717) is 12.0 Å². The van der Waals surface area contributed by atoms with Crippen LogP contribution < -0.4 is 5.32 Å². The number of alkyl carbamates (subject to hydrolysis) is 1. The minimum absolute atomic E-state index is 0.592. The highest BCUT2D eigenvalue weighted by Gasteiger charge is 2.27. The van der Waals surface area contributed by atoms with Gasteiger partial charge in [-0.2, -0.15) is 5.10 Å². The fraction of sp³-hybridized carbons (Fsp3) is 0.615. The van der Waals surface area contributed by atoms with Crippen LogP contribution in [0.2, 0.25) is 0 Å². The van der Waals surface area contributed by atoms with Gasteiger partial charge in [0.1, 0.15) is 17.9 Å².